The van der Waals surface area contributed by atoms with Crippen molar-refractivity contribution in [3.05, 3.63) is 0 Å². The summed E-state index contributed by atoms with van der Waals surface area (Å²) in [7, 11) is 0. The number of unbranched alkanes of at least 4 members (excludes halogenated alkanes) is 2. The molecule has 1 nitrogen and oxygen atoms in total. The minimum absolute atomic E-state index is 0.0113. The van der Waals surface area contributed by atoms with Crippen LogP contribution in [0.5, 0.6) is 0 Å². The molecular formula is C26H45F3O. The molecule has 0 saturated heterocycles. The predicted octanol–water partition coefficient (Wildman–Crippen LogP) is 8.01. The van der Waals surface area contributed by atoms with Gasteiger partial charge in [0.2, 0.25) is 0 Å². The topological polar surface area (TPSA) is 9.23 Å². The van der Waals surface area contributed by atoms with E-state index in [0.717, 1.165) is 38.0 Å². The molecule has 3 aliphatic rings. The molecule has 7 unspecified atom stereocenters. The van der Waals surface area contributed by atoms with Crippen LogP contribution in [0.1, 0.15) is 104 Å². The molecule has 0 aromatic heterocycles. The Morgan fingerprint density at radius 1 is 0.700 bits per heavy atom. The Balaban J connectivity index is 1.45. The van der Waals surface area contributed by atoms with Crippen LogP contribution in [0.25, 0.3) is 0 Å². The Morgan fingerprint density at radius 2 is 1.37 bits per heavy atom. The molecule has 7 atom stereocenters. The van der Waals surface area contributed by atoms with E-state index in [1.165, 1.54) is 44.9 Å². The molecule has 30 heavy (non-hydrogen) atoms. The molecule has 0 radical (unpaired) electrons. The van der Waals surface area contributed by atoms with Crippen LogP contribution >= 0.6 is 0 Å². The van der Waals surface area contributed by atoms with Gasteiger partial charge < -0.3 is 4.74 Å². The molecule has 3 saturated carbocycles. The molecule has 0 amide bonds. The molecule has 3 aliphatic carbocycles. The summed E-state index contributed by atoms with van der Waals surface area (Å²) >= 11 is 0. The molecule has 3 rings (SSSR count). The highest BCUT2D eigenvalue weighted by molar-refractivity contribution is 5.00. The third-order valence-corrected chi connectivity index (χ3v) is 8.52. The van der Waals surface area contributed by atoms with Gasteiger partial charge in [-0.25, -0.2) is 13.2 Å². The van der Waals surface area contributed by atoms with Crippen LogP contribution in [0.2, 0.25) is 0 Å². The highest BCUT2D eigenvalue weighted by atomic mass is 19.2. The summed E-state index contributed by atoms with van der Waals surface area (Å²) in [5, 5.41) is 0. The van der Waals surface area contributed by atoms with Crippen molar-refractivity contribution in [3.8, 4) is 0 Å². The second-order valence-corrected chi connectivity index (χ2v) is 10.6. The van der Waals surface area contributed by atoms with Gasteiger partial charge in [-0.15, -0.1) is 0 Å². The maximum atomic E-state index is 15.0. The van der Waals surface area contributed by atoms with Crippen molar-refractivity contribution in [1.29, 1.82) is 0 Å². The largest absolute Gasteiger partial charge is 0.375 e. The molecule has 0 bridgehead atoms. The van der Waals surface area contributed by atoms with Gasteiger partial charge in [-0.3, -0.25) is 0 Å². The van der Waals surface area contributed by atoms with Gasteiger partial charge >= 0.3 is 0 Å². The van der Waals surface area contributed by atoms with E-state index < -0.39 is 30.5 Å². The van der Waals surface area contributed by atoms with Gasteiger partial charge in [-0.1, -0.05) is 71.6 Å². The van der Waals surface area contributed by atoms with E-state index in [9.17, 15) is 4.39 Å². The monoisotopic (exact) mass is 430 g/mol. The van der Waals surface area contributed by atoms with Gasteiger partial charge in [0.25, 0.3) is 0 Å². The summed E-state index contributed by atoms with van der Waals surface area (Å²) in [4.78, 5) is 0. The summed E-state index contributed by atoms with van der Waals surface area (Å²) in [6.45, 7) is 4.85. The van der Waals surface area contributed by atoms with E-state index >= 15 is 8.78 Å². The van der Waals surface area contributed by atoms with Crippen molar-refractivity contribution in [2.75, 3.05) is 6.61 Å². The maximum Gasteiger partial charge on any atom is 0.137 e. The van der Waals surface area contributed by atoms with Gasteiger partial charge in [0, 0.05) is 12.5 Å². The molecular weight excluding hydrogens is 385 g/mol. The minimum Gasteiger partial charge on any atom is -0.375 e. The van der Waals surface area contributed by atoms with Crippen LogP contribution in [0, 0.1) is 29.6 Å². The van der Waals surface area contributed by atoms with E-state index in [-0.39, 0.29) is 11.8 Å². The van der Waals surface area contributed by atoms with Crippen LogP contribution in [-0.4, -0.2) is 31.2 Å². The van der Waals surface area contributed by atoms with Crippen LogP contribution in [0.4, 0.5) is 13.2 Å². The van der Waals surface area contributed by atoms with E-state index in [0.29, 0.717) is 25.4 Å². The van der Waals surface area contributed by atoms with Gasteiger partial charge in [0.05, 0.1) is 6.10 Å². The second-order valence-electron chi connectivity index (χ2n) is 10.6. The summed E-state index contributed by atoms with van der Waals surface area (Å²) in [5.74, 6) is 0.539. The molecule has 0 aliphatic heterocycles. The molecule has 0 aromatic carbocycles. The van der Waals surface area contributed by atoms with Crippen LogP contribution < -0.4 is 0 Å². The van der Waals surface area contributed by atoms with E-state index in [1.54, 1.807) is 0 Å². The fourth-order valence-corrected chi connectivity index (χ4v) is 6.52. The summed E-state index contributed by atoms with van der Waals surface area (Å²) < 4.78 is 50.8. The van der Waals surface area contributed by atoms with Crippen molar-refractivity contribution in [3.63, 3.8) is 0 Å². The molecule has 0 N–H and O–H groups in total. The maximum absolute atomic E-state index is 15.0. The number of halogens is 3. The first-order valence-electron chi connectivity index (χ1n) is 13.1. The molecule has 176 valence electrons. The first kappa shape index (κ1) is 24.4. The minimum atomic E-state index is -1.66. The van der Waals surface area contributed by atoms with Gasteiger partial charge in [0.1, 0.15) is 18.5 Å². The van der Waals surface area contributed by atoms with Gasteiger partial charge in [0.15, 0.2) is 0 Å². The fourth-order valence-electron chi connectivity index (χ4n) is 6.52. The number of hydrogen-bond donors (Lipinski definition) is 0. The smallest absolute Gasteiger partial charge is 0.137 e. The third kappa shape index (κ3) is 6.17. The lowest BCUT2D eigenvalue weighted by Crippen LogP contribution is -2.53. The molecule has 0 heterocycles. The third-order valence-electron chi connectivity index (χ3n) is 8.52. The zero-order valence-corrected chi connectivity index (χ0v) is 19.3. The SMILES string of the molecule is CCCCOC1CCC2CC(CCC3CCC(CCCC)CC3)C(F)C(F)C2C1F. The summed E-state index contributed by atoms with van der Waals surface area (Å²) in [6.07, 6.45) is 9.86. The van der Waals surface area contributed by atoms with E-state index in [4.69, 9.17) is 4.74 Å². The highest BCUT2D eigenvalue weighted by Gasteiger charge is 2.52. The van der Waals surface area contributed by atoms with Crippen LogP contribution in [-0.2, 0) is 4.74 Å². The van der Waals surface area contributed by atoms with E-state index in [2.05, 4.69) is 13.8 Å². The second kappa shape index (κ2) is 12.1. The van der Waals surface area contributed by atoms with Crippen LogP contribution in [0.3, 0.4) is 0 Å². The lowest BCUT2D eigenvalue weighted by Gasteiger charge is -2.47. The lowest BCUT2D eigenvalue weighted by atomic mass is 9.63. The Hall–Kier alpha value is -0.250. The Bertz CT molecular complexity index is 477. The molecule has 0 aromatic rings. The average molecular weight is 431 g/mol. The van der Waals surface area contributed by atoms with Crippen LogP contribution in [0.15, 0.2) is 0 Å². The van der Waals surface area contributed by atoms with Crippen molar-refractivity contribution >= 4 is 0 Å². The summed E-state index contributed by atoms with van der Waals surface area (Å²) in [5.41, 5.74) is 0. The Morgan fingerprint density at radius 3 is 2.03 bits per heavy atom. The zero-order valence-electron chi connectivity index (χ0n) is 19.3. The molecule has 0 spiro atoms. The number of ether oxygens (including phenoxy) is 1. The number of hydrogen-bond acceptors (Lipinski definition) is 1. The van der Waals surface area contributed by atoms with Gasteiger partial charge in [-0.05, 0) is 55.8 Å². The fraction of sp³-hybridized carbons (Fsp3) is 1.00. The summed E-state index contributed by atoms with van der Waals surface area (Å²) in [6, 6.07) is 0. The standard InChI is InChI=1S/C26H45F3O/c1-3-5-7-18-8-10-19(11-9-18)12-13-21-17-20-14-15-22(30-16-6-4-2)25(28)23(20)26(29)24(21)27/h18-26H,3-17H2,1-2H3. The number of fused-ring (bicyclic) bond motifs is 1. The normalized spacial score (nSPS) is 42.1. The quantitative estimate of drug-likeness (QED) is 0.319. The average Bonchev–Trinajstić information content (AvgIpc) is 2.76. The Labute approximate surface area is 182 Å². The van der Waals surface area contributed by atoms with Crippen molar-refractivity contribution in [1.82, 2.24) is 0 Å². The van der Waals surface area contributed by atoms with Gasteiger partial charge in [-0.2, -0.15) is 0 Å². The van der Waals surface area contributed by atoms with Crippen molar-refractivity contribution in [2.24, 2.45) is 29.6 Å². The predicted molar refractivity (Wildman–Crippen MR) is 118 cm³/mol. The number of alkyl halides is 3. The number of rotatable bonds is 10. The highest BCUT2D eigenvalue weighted by Crippen LogP contribution is 2.49. The molecule has 4 heteroatoms. The van der Waals surface area contributed by atoms with E-state index in [1.807, 2.05) is 0 Å². The first-order chi connectivity index (χ1) is 14.5. The lowest BCUT2D eigenvalue weighted by molar-refractivity contribution is -0.125. The Kier molecular flexibility index (Phi) is 9.85. The first-order valence-corrected chi connectivity index (χ1v) is 13.1. The molecule has 3 fully saturated rings. The zero-order chi connectivity index (χ0) is 21.5. The van der Waals surface area contributed by atoms with Crippen molar-refractivity contribution < 1.29 is 17.9 Å². The van der Waals surface area contributed by atoms with Crippen molar-refractivity contribution in [2.45, 2.75) is 128 Å².